The molecule has 1 aromatic carbocycles. The molecular weight excluding hydrogens is 239 g/mol. The van der Waals surface area contributed by atoms with Gasteiger partial charge in [-0.1, -0.05) is 23.7 Å². The van der Waals surface area contributed by atoms with Crippen LogP contribution in [0.25, 0.3) is 0 Å². The number of nitrogens with zero attached hydrogens (tertiary/aromatic N) is 1. The molecule has 4 heteroatoms. The van der Waals surface area contributed by atoms with Gasteiger partial charge in [0.15, 0.2) is 5.82 Å². The van der Waals surface area contributed by atoms with Gasteiger partial charge < -0.3 is 5.32 Å². The summed E-state index contributed by atoms with van der Waals surface area (Å²) in [6, 6.07) is 10.7. The number of aromatic nitrogens is 1. The van der Waals surface area contributed by atoms with Gasteiger partial charge in [0.1, 0.15) is 0 Å². The summed E-state index contributed by atoms with van der Waals surface area (Å²) in [6.07, 6.45) is 2.49. The predicted octanol–water partition coefficient (Wildman–Crippen LogP) is 3.53. The zero-order valence-corrected chi connectivity index (χ0v) is 9.91. The lowest BCUT2D eigenvalue weighted by molar-refractivity contribution is 0.630. The van der Waals surface area contributed by atoms with Gasteiger partial charge in [0.05, 0.1) is 10.7 Å². The van der Waals surface area contributed by atoms with E-state index in [0.717, 1.165) is 12.1 Å². The monoisotopic (exact) mass is 250 g/mol. The van der Waals surface area contributed by atoms with Crippen molar-refractivity contribution < 1.29 is 4.39 Å². The third-order valence-corrected chi connectivity index (χ3v) is 2.67. The Balaban J connectivity index is 1.93. The molecule has 0 spiro atoms. The van der Waals surface area contributed by atoms with Gasteiger partial charge in [-0.25, -0.2) is 4.39 Å². The minimum absolute atomic E-state index is 0.132. The number of anilines is 1. The van der Waals surface area contributed by atoms with Crippen molar-refractivity contribution in [2.75, 3.05) is 11.9 Å². The van der Waals surface area contributed by atoms with Crippen molar-refractivity contribution in [3.63, 3.8) is 0 Å². The molecule has 0 fully saturated rings. The highest BCUT2D eigenvalue weighted by molar-refractivity contribution is 6.31. The average molecular weight is 251 g/mol. The van der Waals surface area contributed by atoms with Crippen LogP contribution >= 0.6 is 11.6 Å². The van der Waals surface area contributed by atoms with E-state index < -0.39 is 5.82 Å². The molecule has 17 heavy (non-hydrogen) atoms. The molecule has 0 atom stereocenters. The van der Waals surface area contributed by atoms with E-state index in [-0.39, 0.29) is 5.02 Å². The van der Waals surface area contributed by atoms with Crippen LogP contribution in [0.4, 0.5) is 10.1 Å². The van der Waals surface area contributed by atoms with E-state index in [1.54, 1.807) is 18.3 Å². The molecule has 1 aromatic heterocycles. The van der Waals surface area contributed by atoms with Crippen molar-refractivity contribution in [1.29, 1.82) is 0 Å². The molecule has 2 aromatic rings. The van der Waals surface area contributed by atoms with Gasteiger partial charge >= 0.3 is 0 Å². The van der Waals surface area contributed by atoms with Gasteiger partial charge in [-0.3, -0.25) is 4.98 Å². The summed E-state index contributed by atoms with van der Waals surface area (Å²) in [7, 11) is 0. The van der Waals surface area contributed by atoms with Crippen LogP contribution in [0.1, 0.15) is 5.69 Å². The molecule has 0 bridgehead atoms. The van der Waals surface area contributed by atoms with Gasteiger partial charge in [0.25, 0.3) is 0 Å². The number of benzene rings is 1. The number of hydrogen-bond acceptors (Lipinski definition) is 2. The van der Waals surface area contributed by atoms with Crippen molar-refractivity contribution in [3.8, 4) is 0 Å². The Morgan fingerprint density at radius 2 is 2.06 bits per heavy atom. The summed E-state index contributed by atoms with van der Waals surface area (Å²) in [5.41, 5.74) is 1.40. The summed E-state index contributed by atoms with van der Waals surface area (Å²) in [5, 5.41) is 3.14. The van der Waals surface area contributed by atoms with Crippen molar-refractivity contribution in [2.24, 2.45) is 0 Å². The highest BCUT2D eigenvalue weighted by atomic mass is 35.5. The minimum atomic E-state index is -0.407. The molecule has 88 valence electrons. The maximum absolute atomic E-state index is 13.5. The van der Waals surface area contributed by atoms with Crippen LogP contribution < -0.4 is 5.32 Å². The molecule has 2 nitrogen and oxygen atoms in total. The first kappa shape index (κ1) is 11.9. The molecule has 2 rings (SSSR count). The van der Waals surface area contributed by atoms with Crippen molar-refractivity contribution >= 4 is 17.3 Å². The standard InChI is InChI=1S/C13H12ClFN2/c14-11-5-3-6-12(13(11)15)17-9-7-10-4-1-2-8-16-10/h1-6,8,17H,7,9H2. The van der Waals surface area contributed by atoms with E-state index in [9.17, 15) is 4.39 Å². The predicted molar refractivity (Wildman–Crippen MR) is 67.8 cm³/mol. The lowest BCUT2D eigenvalue weighted by Gasteiger charge is -2.07. The second-order valence-electron chi connectivity index (χ2n) is 3.60. The van der Waals surface area contributed by atoms with Gasteiger partial charge in [-0.15, -0.1) is 0 Å². The second kappa shape index (κ2) is 5.64. The Bertz CT molecular complexity index is 488. The van der Waals surface area contributed by atoms with Crippen LogP contribution in [0, 0.1) is 5.82 Å². The summed E-state index contributed by atoms with van der Waals surface area (Å²) < 4.78 is 13.5. The zero-order valence-electron chi connectivity index (χ0n) is 9.16. The SMILES string of the molecule is Fc1c(Cl)cccc1NCCc1ccccn1. The average Bonchev–Trinajstić information content (AvgIpc) is 2.36. The molecule has 0 saturated carbocycles. The van der Waals surface area contributed by atoms with Gasteiger partial charge in [-0.05, 0) is 24.3 Å². The van der Waals surface area contributed by atoms with Crippen molar-refractivity contribution in [2.45, 2.75) is 6.42 Å². The maximum atomic E-state index is 13.5. The first-order valence-electron chi connectivity index (χ1n) is 5.35. The smallest absolute Gasteiger partial charge is 0.164 e. The Hall–Kier alpha value is -1.61. The third-order valence-electron chi connectivity index (χ3n) is 2.37. The molecule has 0 aliphatic heterocycles. The summed E-state index contributed by atoms with van der Waals surface area (Å²) in [4.78, 5) is 4.19. The first-order valence-corrected chi connectivity index (χ1v) is 5.73. The summed E-state index contributed by atoms with van der Waals surface area (Å²) in [5.74, 6) is -0.407. The van der Waals surface area contributed by atoms with Crippen LogP contribution in [-0.2, 0) is 6.42 Å². The number of nitrogens with one attached hydrogen (secondary N) is 1. The number of rotatable bonds is 4. The lowest BCUT2D eigenvalue weighted by atomic mass is 10.2. The molecule has 0 amide bonds. The van der Waals surface area contributed by atoms with Crippen molar-refractivity contribution in [1.82, 2.24) is 4.98 Å². The van der Waals surface area contributed by atoms with Gasteiger partial charge in [0, 0.05) is 24.9 Å². The van der Waals surface area contributed by atoms with Crippen LogP contribution in [0.3, 0.4) is 0 Å². The van der Waals surface area contributed by atoms with Crippen LogP contribution in [0.5, 0.6) is 0 Å². The first-order chi connectivity index (χ1) is 8.27. The Labute approximate surface area is 104 Å². The summed E-state index contributed by atoms with van der Waals surface area (Å²) >= 11 is 5.68. The fraction of sp³-hybridized carbons (Fsp3) is 0.154. The Morgan fingerprint density at radius 3 is 2.82 bits per heavy atom. The van der Waals surface area contributed by atoms with E-state index in [1.807, 2.05) is 18.2 Å². The lowest BCUT2D eigenvalue weighted by Crippen LogP contribution is -2.07. The minimum Gasteiger partial charge on any atom is -0.382 e. The number of halogens is 2. The fourth-order valence-corrected chi connectivity index (χ4v) is 1.69. The zero-order chi connectivity index (χ0) is 12.1. The molecule has 0 radical (unpaired) electrons. The van der Waals surface area contributed by atoms with E-state index in [2.05, 4.69) is 10.3 Å². The van der Waals surface area contributed by atoms with Crippen LogP contribution in [-0.4, -0.2) is 11.5 Å². The number of pyridine rings is 1. The molecule has 0 saturated heterocycles. The van der Waals surface area contributed by atoms with E-state index in [1.165, 1.54) is 6.07 Å². The largest absolute Gasteiger partial charge is 0.382 e. The topological polar surface area (TPSA) is 24.9 Å². The third kappa shape index (κ3) is 3.17. The van der Waals surface area contributed by atoms with Crippen LogP contribution in [0.2, 0.25) is 5.02 Å². The molecule has 0 aliphatic rings. The highest BCUT2D eigenvalue weighted by Gasteiger charge is 2.04. The maximum Gasteiger partial charge on any atom is 0.164 e. The normalized spacial score (nSPS) is 10.2. The molecule has 0 aliphatic carbocycles. The van der Waals surface area contributed by atoms with Gasteiger partial charge in [0.2, 0.25) is 0 Å². The van der Waals surface area contributed by atoms with E-state index in [0.29, 0.717) is 12.2 Å². The van der Waals surface area contributed by atoms with Crippen molar-refractivity contribution in [3.05, 3.63) is 59.1 Å². The van der Waals surface area contributed by atoms with Crippen LogP contribution in [0.15, 0.2) is 42.6 Å². The second-order valence-corrected chi connectivity index (χ2v) is 4.01. The molecule has 1 heterocycles. The Morgan fingerprint density at radius 1 is 1.18 bits per heavy atom. The quantitative estimate of drug-likeness (QED) is 0.898. The molecule has 0 unspecified atom stereocenters. The van der Waals surface area contributed by atoms with E-state index >= 15 is 0 Å². The molecular formula is C13H12ClFN2. The Kier molecular flexibility index (Phi) is 3.94. The number of hydrogen-bond donors (Lipinski definition) is 1. The highest BCUT2D eigenvalue weighted by Crippen LogP contribution is 2.21. The molecule has 1 N–H and O–H groups in total. The van der Waals surface area contributed by atoms with E-state index in [4.69, 9.17) is 11.6 Å². The fourth-order valence-electron chi connectivity index (χ4n) is 1.51. The summed E-state index contributed by atoms with van der Waals surface area (Å²) in [6.45, 7) is 0.619. The van der Waals surface area contributed by atoms with Gasteiger partial charge in [-0.2, -0.15) is 0 Å².